The van der Waals surface area contributed by atoms with E-state index in [2.05, 4.69) is 0 Å². The molecule has 1 aromatic carbocycles. The van der Waals surface area contributed by atoms with Gasteiger partial charge in [-0.1, -0.05) is 0 Å². The largest absolute Gasteiger partial charge is 0.461 e. The smallest absolute Gasteiger partial charge is 0.229 e. The Morgan fingerprint density at radius 3 is 1.62 bits per heavy atom. The molecule has 3 rings (SSSR count). The highest BCUT2D eigenvalue weighted by molar-refractivity contribution is 14.1. The standard InChI is InChI=1S/C18H24I2O12/c19-5-1-2-6(29-17-14(27)12(25)10(23)7(3-21)30-17)9(20)16(5)32-18-15(28)13(26)11(24)8(4-22)31-18/h1-2,7-8,10-15,17-18,21-28H,3-4H2. The van der Waals surface area contributed by atoms with Crippen molar-refractivity contribution >= 4 is 45.2 Å². The highest BCUT2D eigenvalue weighted by atomic mass is 127. The molecule has 2 heterocycles. The molecule has 2 aliphatic heterocycles. The number of hydrogen-bond acceptors (Lipinski definition) is 12. The van der Waals surface area contributed by atoms with Crippen molar-refractivity contribution < 1.29 is 59.8 Å². The molecule has 2 fully saturated rings. The number of ether oxygens (including phenoxy) is 4. The lowest BCUT2D eigenvalue weighted by Gasteiger charge is -2.40. The molecule has 32 heavy (non-hydrogen) atoms. The van der Waals surface area contributed by atoms with Gasteiger partial charge in [0.05, 0.1) is 20.4 Å². The van der Waals surface area contributed by atoms with E-state index in [4.69, 9.17) is 18.9 Å². The van der Waals surface area contributed by atoms with E-state index in [-0.39, 0.29) is 11.5 Å². The fraction of sp³-hybridized carbons (Fsp3) is 0.667. The Labute approximate surface area is 209 Å². The maximum atomic E-state index is 10.2. The first kappa shape index (κ1) is 26.5. The minimum Gasteiger partial charge on any atom is -0.461 e. The predicted octanol–water partition coefficient (Wildman–Crippen LogP) is -2.75. The van der Waals surface area contributed by atoms with E-state index in [1.807, 2.05) is 45.2 Å². The first-order chi connectivity index (χ1) is 15.1. The van der Waals surface area contributed by atoms with Crippen molar-refractivity contribution in [3.05, 3.63) is 19.3 Å². The number of rotatable bonds is 6. The monoisotopic (exact) mass is 686 g/mol. The lowest BCUT2D eigenvalue weighted by atomic mass is 9.99. The predicted molar refractivity (Wildman–Crippen MR) is 121 cm³/mol. The fourth-order valence-corrected chi connectivity index (χ4v) is 5.10. The molecule has 0 radical (unpaired) electrons. The molecule has 0 spiro atoms. The summed E-state index contributed by atoms with van der Waals surface area (Å²) < 4.78 is 23.0. The van der Waals surface area contributed by atoms with Crippen LogP contribution in [0.4, 0.5) is 0 Å². The molecule has 0 saturated carbocycles. The number of hydrogen-bond donors (Lipinski definition) is 8. The van der Waals surface area contributed by atoms with E-state index in [1.165, 1.54) is 6.07 Å². The third-order valence-electron chi connectivity index (χ3n) is 5.19. The lowest BCUT2D eigenvalue weighted by molar-refractivity contribution is -0.279. The first-order valence-corrected chi connectivity index (χ1v) is 11.7. The molecular weight excluding hydrogens is 662 g/mol. The van der Waals surface area contributed by atoms with E-state index in [0.29, 0.717) is 7.14 Å². The highest BCUT2D eigenvalue weighted by Gasteiger charge is 2.46. The molecule has 182 valence electrons. The van der Waals surface area contributed by atoms with Gasteiger partial charge in [-0.3, -0.25) is 0 Å². The van der Waals surface area contributed by atoms with Gasteiger partial charge in [-0.2, -0.15) is 0 Å². The van der Waals surface area contributed by atoms with Crippen LogP contribution >= 0.6 is 45.2 Å². The summed E-state index contributed by atoms with van der Waals surface area (Å²) in [4.78, 5) is 0. The van der Waals surface area contributed by atoms with Crippen LogP contribution in [0.2, 0.25) is 0 Å². The zero-order valence-electron chi connectivity index (χ0n) is 16.3. The zero-order valence-corrected chi connectivity index (χ0v) is 20.6. The van der Waals surface area contributed by atoms with E-state index in [9.17, 15) is 40.9 Å². The molecule has 0 bridgehead atoms. The average Bonchev–Trinajstić information content (AvgIpc) is 2.78. The molecule has 2 saturated heterocycles. The molecule has 0 aromatic heterocycles. The number of halogens is 2. The normalized spacial score (nSPS) is 40.2. The number of aliphatic hydroxyl groups is 8. The third kappa shape index (κ3) is 5.25. The lowest BCUT2D eigenvalue weighted by Crippen LogP contribution is -2.60. The Morgan fingerprint density at radius 1 is 0.688 bits per heavy atom. The minimum atomic E-state index is -1.62. The van der Waals surface area contributed by atoms with Gasteiger partial charge in [-0.15, -0.1) is 0 Å². The quantitative estimate of drug-likeness (QED) is 0.144. The number of benzene rings is 1. The van der Waals surface area contributed by atoms with Gasteiger partial charge in [0.25, 0.3) is 0 Å². The second kappa shape index (κ2) is 11.1. The van der Waals surface area contributed by atoms with Crippen LogP contribution in [-0.4, -0.2) is 115 Å². The third-order valence-corrected chi connectivity index (χ3v) is 7.06. The molecule has 2 aliphatic rings. The van der Waals surface area contributed by atoms with Crippen LogP contribution < -0.4 is 9.47 Å². The summed E-state index contributed by atoms with van der Waals surface area (Å²) >= 11 is 3.82. The van der Waals surface area contributed by atoms with E-state index in [1.54, 1.807) is 6.07 Å². The maximum Gasteiger partial charge on any atom is 0.229 e. The summed E-state index contributed by atoms with van der Waals surface area (Å²) in [6.07, 6.45) is -14.7. The topological polar surface area (TPSA) is 199 Å². The van der Waals surface area contributed by atoms with Crippen LogP contribution in [0.1, 0.15) is 0 Å². The second-order valence-electron chi connectivity index (χ2n) is 7.32. The average molecular weight is 686 g/mol. The van der Waals surface area contributed by atoms with Gasteiger partial charge in [0.2, 0.25) is 12.6 Å². The van der Waals surface area contributed by atoms with E-state index < -0.39 is 74.6 Å². The van der Waals surface area contributed by atoms with E-state index >= 15 is 0 Å². The molecule has 10 atom stereocenters. The molecule has 1 aromatic rings. The first-order valence-electron chi connectivity index (χ1n) is 9.53. The van der Waals surface area contributed by atoms with E-state index in [0.717, 1.165) is 0 Å². The SMILES string of the molecule is OCC1OC(Oc2ccc(I)c(OC3OC(CO)C(O)C(O)C3O)c2I)C(O)C(O)C1O. The molecule has 8 N–H and O–H groups in total. The van der Waals surface area contributed by atoms with Gasteiger partial charge in [0.15, 0.2) is 5.75 Å². The molecule has 0 amide bonds. The number of aliphatic hydroxyl groups excluding tert-OH is 8. The Hall–Kier alpha value is -0.120. The molecule has 14 heteroatoms. The summed E-state index contributed by atoms with van der Waals surface area (Å²) in [7, 11) is 0. The fourth-order valence-electron chi connectivity index (χ4n) is 3.28. The molecule has 0 aliphatic carbocycles. The van der Waals surface area contributed by atoms with Crippen LogP contribution in [0.5, 0.6) is 11.5 Å². The molecule has 12 nitrogen and oxygen atoms in total. The van der Waals surface area contributed by atoms with Crippen molar-refractivity contribution in [3.63, 3.8) is 0 Å². The summed E-state index contributed by atoms with van der Waals surface area (Å²) in [6, 6.07) is 3.12. The van der Waals surface area contributed by atoms with Gasteiger partial charge < -0.3 is 59.8 Å². The van der Waals surface area contributed by atoms with Gasteiger partial charge in [0.1, 0.15) is 54.6 Å². The Balaban J connectivity index is 1.81. The van der Waals surface area contributed by atoms with Crippen molar-refractivity contribution in [1.82, 2.24) is 0 Å². The summed E-state index contributed by atoms with van der Waals surface area (Å²) in [6.45, 7) is -1.22. The van der Waals surface area contributed by atoms with Crippen molar-refractivity contribution in [2.45, 2.75) is 61.4 Å². The van der Waals surface area contributed by atoms with Crippen LogP contribution in [-0.2, 0) is 9.47 Å². The Morgan fingerprint density at radius 2 is 1.16 bits per heavy atom. The summed E-state index contributed by atoms with van der Waals surface area (Å²) in [5, 5.41) is 78.8. The minimum absolute atomic E-state index is 0.148. The van der Waals surface area contributed by atoms with Crippen LogP contribution in [0.3, 0.4) is 0 Å². The molecular formula is C18H24I2O12. The van der Waals surface area contributed by atoms with Crippen LogP contribution in [0.15, 0.2) is 12.1 Å². The highest BCUT2D eigenvalue weighted by Crippen LogP contribution is 2.38. The summed E-state index contributed by atoms with van der Waals surface area (Å²) in [5.41, 5.74) is 0. The second-order valence-corrected chi connectivity index (χ2v) is 9.56. The van der Waals surface area contributed by atoms with Gasteiger partial charge in [0, 0.05) is 0 Å². The van der Waals surface area contributed by atoms with Crippen molar-refractivity contribution in [3.8, 4) is 11.5 Å². The van der Waals surface area contributed by atoms with Crippen molar-refractivity contribution in [1.29, 1.82) is 0 Å². The van der Waals surface area contributed by atoms with Gasteiger partial charge in [-0.05, 0) is 57.3 Å². The van der Waals surface area contributed by atoms with Crippen LogP contribution in [0, 0.1) is 7.14 Å². The van der Waals surface area contributed by atoms with Crippen molar-refractivity contribution in [2.24, 2.45) is 0 Å². The maximum absolute atomic E-state index is 10.2. The summed E-state index contributed by atoms with van der Waals surface area (Å²) in [5.74, 6) is 0.326. The Bertz CT molecular complexity index is 781. The van der Waals surface area contributed by atoms with Gasteiger partial charge in [-0.25, -0.2) is 0 Å². The zero-order chi connectivity index (χ0) is 23.7. The van der Waals surface area contributed by atoms with Crippen molar-refractivity contribution in [2.75, 3.05) is 13.2 Å². The van der Waals surface area contributed by atoms with Gasteiger partial charge >= 0.3 is 0 Å². The Kier molecular flexibility index (Phi) is 9.17. The molecule has 10 unspecified atom stereocenters. The van der Waals surface area contributed by atoms with Crippen LogP contribution in [0.25, 0.3) is 0 Å².